The average Bonchev–Trinajstić information content (AvgIpc) is 3.16. The Balaban J connectivity index is 1.38. The molecule has 0 saturated heterocycles. The Kier molecular flexibility index (Phi) is 6.11. The largest absolute Gasteiger partial charge is 0.424 e. The first-order chi connectivity index (χ1) is 14.5. The first-order valence-corrected chi connectivity index (χ1v) is 10.9. The number of carbonyl (C=O) groups is 1. The molecule has 1 amide bonds. The normalized spacial score (nSPS) is 16.0. The molecule has 0 unspecified atom stereocenters. The molecule has 1 N–H and O–H groups in total. The second-order valence-corrected chi connectivity index (χ2v) is 8.60. The lowest BCUT2D eigenvalue weighted by molar-refractivity contribution is -0.121. The van der Waals surface area contributed by atoms with Crippen LogP contribution >= 0.6 is 23.2 Å². The molecule has 5 nitrogen and oxygen atoms in total. The Morgan fingerprint density at radius 3 is 2.53 bits per heavy atom. The highest BCUT2D eigenvalue weighted by molar-refractivity contribution is 6.31. The predicted octanol–water partition coefficient (Wildman–Crippen LogP) is 5.66. The molecule has 0 radical (unpaired) electrons. The van der Waals surface area contributed by atoms with Crippen LogP contribution in [-0.2, 0) is 16.6 Å². The average molecular weight is 444 g/mol. The number of carbonyl (C=O) groups excluding carboxylic acids is 1. The first kappa shape index (κ1) is 20.9. The fourth-order valence-corrected chi connectivity index (χ4v) is 4.34. The van der Waals surface area contributed by atoms with Crippen molar-refractivity contribution in [1.82, 2.24) is 15.5 Å². The maximum absolute atomic E-state index is 12.4. The van der Waals surface area contributed by atoms with Crippen molar-refractivity contribution >= 4 is 29.1 Å². The van der Waals surface area contributed by atoms with Crippen LogP contribution in [0, 0.1) is 0 Å². The third-order valence-corrected chi connectivity index (χ3v) is 6.39. The monoisotopic (exact) mass is 443 g/mol. The van der Waals surface area contributed by atoms with Crippen LogP contribution < -0.4 is 5.32 Å². The molecule has 0 aliphatic heterocycles. The summed E-state index contributed by atoms with van der Waals surface area (Å²) in [6.45, 7) is 1.91. The van der Waals surface area contributed by atoms with Gasteiger partial charge in [0.2, 0.25) is 17.7 Å². The Morgan fingerprint density at radius 2 is 1.87 bits per heavy atom. The minimum absolute atomic E-state index is 0.0850. The Bertz CT molecular complexity index is 1030. The number of nitrogens with zero attached hydrogens (tertiary/aromatic N) is 2. The third kappa shape index (κ3) is 4.23. The van der Waals surface area contributed by atoms with E-state index in [4.69, 9.17) is 27.6 Å². The van der Waals surface area contributed by atoms with Gasteiger partial charge < -0.3 is 9.73 Å². The van der Waals surface area contributed by atoms with Gasteiger partial charge in [0.1, 0.15) is 0 Å². The van der Waals surface area contributed by atoms with Gasteiger partial charge in [0, 0.05) is 22.9 Å². The molecule has 1 aliphatic rings. The summed E-state index contributed by atoms with van der Waals surface area (Å²) in [5, 5.41) is 12.8. The smallest absolute Gasteiger partial charge is 0.227 e. The van der Waals surface area contributed by atoms with Crippen molar-refractivity contribution in [1.29, 1.82) is 0 Å². The van der Waals surface area contributed by atoms with E-state index in [9.17, 15) is 4.79 Å². The van der Waals surface area contributed by atoms with E-state index in [1.807, 2.05) is 55.5 Å². The number of halogens is 2. The van der Waals surface area contributed by atoms with Crippen molar-refractivity contribution in [3.05, 3.63) is 81.5 Å². The fraction of sp³-hybridized carbons (Fsp3) is 0.348. The molecule has 1 aliphatic carbocycles. The van der Waals surface area contributed by atoms with Gasteiger partial charge in [-0.3, -0.25) is 4.79 Å². The first-order valence-electron chi connectivity index (χ1n) is 10.1. The summed E-state index contributed by atoms with van der Waals surface area (Å²) >= 11 is 12.2. The zero-order chi connectivity index (χ0) is 21.1. The lowest BCUT2D eigenvalue weighted by atomic mass is 9.64. The molecule has 2 aromatic carbocycles. The van der Waals surface area contributed by atoms with Gasteiger partial charge in [-0.25, -0.2) is 0 Å². The van der Waals surface area contributed by atoms with Crippen molar-refractivity contribution < 1.29 is 9.21 Å². The quantitative estimate of drug-likeness (QED) is 0.511. The molecule has 30 heavy (non-hydrogen) atoms. The van der Waals surface area contributed by atoms with Crippen LogP contribution in [0.1, 0.15) is 61.6 Å². The number of amides is 1. The molecule has 1 atom stereocenters. The van der Waals surface area contributed by atoms with Crippen molar-refractivity contribution in [3.63, 3.8) is 0 Å². The summed E-state index contributed by atoms with van der Waals surface area (Å²) in [6, 6.07) is 15.1. The van der Waals surface area contributed by atoms with E-state index in [-0.39, 0.29) is 23.8 Å². The molecule has 1 fully saturated rings. The van der Waals surface area contributed by atoms with E-state index in [0.29, 0.717) is 28.2 Å². The number of aromatic nitrogens is 2. The second-order valence-electron chi connectivity index (χ2n) is 7.75. The van der Waals surface area contributed by atoms with Crippen molar-refractivity contribution in [2.24, 2.45) is 0 Å². The van der Waals surface area contributed by atoms with E-state index in [2.05, 4.69) is 15.5 Å². The zero-order valence-electron chi connectivity index (χ0n) is 16.7. The minimum atomic E-state index is -0.239. The molecule has 3 aromatic rings. The SMILES string of the molecule is C[C@H](NC(=O)CCc1nnc(C2(c3ccc(Cl)cc3)CCC2)o1)c1ccccc1Cl. The molecular formula is C23H23Cl2N3O2. The van der Waals surface area contributed by atoms with Crippen LogP contribution in [-0.4, -0.2) is 16.1 Å². The van der Waals surface area contributed by atoms with Crippen LogP contribution in [0.25, 0.3) is 0 Å². The van der Waals surface area contributed by atoms with Gasteiger partial charge in [0.15, 0.2) is 0 Å². The minimum Gasteiger partial charge on any atom is -0.424 e. The highest BCUT2D eigenvalue weighted by Crippen LogP contribution is 2.48. The van der Waals surface area contributed by atoms with Gasteiger partial charge in [-0.05, 0) is 49.1 Å². The van der Waals surface area contributed by atoms with Gasteiger partial charge in [-0.15, -0.1) is 10.2 Å². The lowest BCUT2D eigenvalue weighted by Crippen LogP contribution is -2.35. The van der Waals surface area contributed by atoms with Gasteiger partial charge >= 0.3 is 0 Å². The summed E-state index contributed by atoms with van der Waals surface area (Å²) in [4.78, 5) is 12.4. The maximum atomic E-state index is 12.4. The van der Waals surface area contributed by atoms with Gasteiger partial charge in [-0.2, -0.15) is 0 Å². The van der Waals surface area contributed by atoms with E-state index in [1.165, 1.54) is 0 Å². The van der Waals surface area contributed by atoms with Crippen LogP contribution in [0.2, 0.25) is 10.0 Å². The zero-order valence-corrected chi connectivity index (χ0v) is 18.2. The predicted molar refractivity (Wildman–Crippen MR) is 117 cm³/mol. The van der Waals surface area contributed by atoms with E-state index < -0.39 is 0 Å². The van der Waals surface area contributed by atoms with E-state index in [1.54, 1.807) is 0 Å². The summed E-state index contributed by atoms with van der Waals surface area (Å²) in [5.41, 5.74) is 1.79. The number of aryl methyl sites for hydroxylation is 1. The Morgan fingerprint density at radius 1 is 1.13 bits per heavy atom. The van der Waals surface area contributed by atoms with Crippen molar-refractivity contribution in [2.75, 3.05) is 0 Å². The van der Waals surface area contributed by atoms with Crippen molar-refractivity contribution in [3.8, 4) is 0 Å². The van der Waals surface area contributed by atoms with Crippen LogP contribution in [0.4, 0.5) is 0 Å². The standard InChI is InChI=1S/C23H23Cl2N3O2/c1-15(18-5-2-3-6-19(18)25)26-20(29)11-12-21-27-28-22(30-21)23(13-4-14-23)16-7-9-17(24)10-8-16/h2-3,5-10,15H,4,11-14H2,1H3,(H,26,29)/t15-/m0/s1. The molecular weight excluding hydrogens is 421 g/mol. The Hall–Kier alpha value is -2.37. The van der Waals surface area contributed by atoms with Crippen LogP contribution in [0.3, 0.4) is 0 Å². The van der Waals surface area contributed by atoms with E-state index in [0.717, 1.165) is 30.4 Å². The highest BCUT2D eigenvalue weighted by atomic mass is 35.5. The summed E-state index contributed by atoms with van der Waals surface area (Å²) < 4.78 is 5.98. The lowest BCUT2D eigenvalue weighted by Gasteiger charge is -2.39. The fourth-order valence-electron chi connectivity index (χ4n) is 3.91. The summed E-state index contributed by atoms with van der Waals surface area (Å²) in [6.07, 6.45) is 3.70. The van der Waals surface area contributed by atoms with Crippen LogP contribution in [0.15, 0.2) is 52.9 Å². The topological polar surface area (TPSA) is 68.0 Å². The van der Waals surface area contributed by atoms with Gasteiger partial charge in [0.25, 0.3) is 0 Å². The number of hydrogen-bond acceptors (Lipinski definition) is 4. The molecule has 1 heterocycles. The molecule has 1 saturated carbocycles. The molecule has 4 rings (SSSR count). The second kappa shape index (κ2) is 8.78. The summed E-state index contributed by atoms with van der Waals surface area (Å²) in [7, 11) is 0. The third-order valence-electron chi connectivity index (χ3n) is 5.80. The van der Waals surface area contributed by atoms with Gasteiger partial charge in [0.05, 0.1) is 11.5 Å². The number of nitrogens with one attached hydrogen (secondary N) is 1. The number of benzene rings is 2. The Labute approximate surface area is 185 Å². The van der Waals surface area contributed by atoms with E-state index >= 15 is 0 Å². The molecule has 7 heteroatoms. The van der Waals surface area contributed by atoms with Crippen LogP contribution in [0.5, 0.6) is 0 Å². The van der Waals surface area contributed by atoms with Crippen molar-refractivity contribution in [2.45, 2.75) is 50.5 Å². The highest BCUT2D eigenvalue weighted by Gasteiger charge is 2.45. The number of hydrogen-bond donors (Lipinski definition) is 1. The number of rotatable bonds is 7. The molecule has 0 spiro atoms. The van der Waals surface area contributed by atoms with Gasteiger partial charge in [-0.1, -0.05) is 60.0 Å². The molecule has 0 bridgehead atoms. The summed E-state index contributed by atoms with van der Waals surface area (Å²) in [5.74, 6) is 1.01. The molecule has 1 aromatic heterocycles. The maximum Gasteiger partial charge on any atom is 0.227 e. The molecule has 156 valence electrons.